The van der Waals surface area contributed by atoms with Crippen LogP contribution < -0.4 is 10.5 Å². The second-order valence-corrected chi connectivity index (χ2v) is 9.90. The maximum Gasteiger partial charge on any atom is 0.175 e. The van der Waals surface area contributed by atoms with E-state index < -0.39 is 15.7 Å². The number of rotatable bonds is 6. The van der Waals surface area contributed by atoms with Gasteiger partial charge in [-0.25, -0.2) is 27.5 Å². The standard InChI is InChI=1S/C21H24FN5O3S/c1-31(28,29)17-6-7-19(18(22)8-17)27-11-15(9-26-27)21-20(10-24-13-25-21)30-12-14-2-4-16(23)5-3-14/h6-11,13-14,16H,2-5,12,23H2,1H3. The number of nitrogens with zero attached hydrogens (tertiary/aromatic N) is 4. The maximum absolute atomic E-state index is 14.5. The normalized spacial score (nSPS) is 19.3. The first kappa shape index (κ1) is 21.4. The number of ether oxygens (including phenoxy) is 1. The van der Waals surface area contributed by atoms with Crippen LogP contribution in [0.15, 0.2) is 48.0 Å². The van der Waals surface area contributed by atoms with Gasteiger partial charge in [-0.2, -0.15) is 5.10 Å². The summed E-state index contributed by atoms with van der Waals surface area (Å²) < 4.78 is 45.1. The van der Waals surface area contributed by atoms with Crippen molar-refractivity contribution in [3.63, 3.8) is 0 Å². The molecule has 0 saturated heterocycles. The van der Waals surface area contributed by atoms with Gasteiger partial charge >= 0.3 is 0 Å². The van der Waals surface area contributed by atoms with Gasteiger partial charge in [-0.3, -0.25) is 0 Å². The Morgan fingerprint density at radius 2 is 2.00 bits per heavy atom. The van der Waals surface area contributed by atoms with E-state index in [1.54, 1.807) is 18.6 Å². The number of halogens is 1. The van der Waals surface area contributed by atoms with Crippen LogP contribution in [0.4, 0.5) is 4.39 Å². The van der Waals surface area contributed by atoms with E-state index in [-0.39, 0.29) is 16.6 Å². The smallest absolute Gasteiger partial charge is 0.175 e. The lowest BCUT2D eigenvalue weighted by atomic mass is 9.87. The Morgan fingerprint density at radius 3 is 2.71 bits per heavy atom. The van der Waals surface area contributed by atoms with E-state index in [9.17, 15) is 12.8 Å². The molecule has 2 aromatic heterocycles. The Labute approximate surface area is 180 Å². The number of hydrogen-bond acceptors (Lipinski definition) is 7. The number of aromatic nitrogens is 4. The number of sulfone groups is 1. The van der Waals surface area contributed by atoms with Crippen molar-refractivity contribution in [2.45, 2.75) is 36.6 Å². The molecule has 0 amide bonds. The summed E-state index contributed by atoms with van der Waals surface area (Å²) in [6, 6.07) is 4.00. The third-order valence-electron chi connectivity index (χ3n) is 5.49. The monoisotopic (exact) mass is 445 g/mol. The molecule has 0 radical (unpaired) electrons. The van der Waals surface area contributed by atoms with Gasteiger partial charge in [0.1, 0.15) is 23.5 Å². The zero-order chi connectivity index (χ0) is 22.0. The van der Waals surface area contributed by atoms with Gasteiger partial charge in [0, 0.05) is 24.1 Å². The van der Waals surface area contributed by atoms with Crippen LogP contribution in [0, 0.1) is 11.7 Å². The van der Waals surface area contributed by atoms with Crippen molar-refractivity contribution < 1.29 is 17.5 Å². The molecule has 0 atom stereocenters. The molecule has 1 aromatic carbocycles. The molecule has 1 saturated carbocycles. The van der Waals surface area contributed by atoms with Crippen molar-refractivity contribution in [3.05, 3.63) is 48.9 Å². The van der Waals surface area contributed by atoms with Gasteiger partial charge in [0.25, 0.3) is 0 Å². The van der Waals surface area contributed by atoms with Crippen molar-refractivity contribution in [2.24, 2.45) is 11.7 Å². The fourth-order valence-corrected chi connectivity index (χ4v) is 4.32. The summed E-state index contributed by atoms with van der Waals surface area (Å²) in [5.74, 6) is 0.287. The quantitative estimate of drug-likeness (QED) is 0.621. The molecule has 1 aliphatic rings. The van der Waals surface area contributed by atoms with Gasteiger partial charge in [-0.1, -0.05) is 0 Å². The zero-order valence-electron chi connectivity index (χ0n) is 17.1. The van der Waals surface area contributed by atoms with Gasteiger partial charge in [0.2, 0.25) is 0 Å². The molecule has 10 heteroatoms. The molecule has 3 aromatic rings. The Morgan fingerprint density at radius 1 is 1.23 bits per heavy atom. The fourth-order valence-electron chi connectivity index (χ4n) is 3.68. The highest BCUT2D eigenvalue weighted by atomic mass is 32.2. The minimum absolute atomic E-state index is 0.0868. The lowest BCUT2D eigenvalue weighted by Gasteiger charge is -2.26. The van der Waals surface area contributed by atoms with E-state index in [0.717, 1.165) is 38.0 Å². The molecule has 2 N–H and O–H groups in total. The molecule has 1 aliphatic carbocycles. The zero-order valence-corrected chi connectivity index (χ0v) is 17.9. The maximum atomic E-state index is 14.5. The summed E-state index contributed by atoms with van der Waals surface area (Å²) >= 11 is 0. The molecule has 1 fully saturated rings. The summed E-state index contributed by atoms with van der Waals surface area (Å²) in [6.07, 6.45) is 11.3. The molecule has 0 bridgehead atoms. The van der Waals surface area contributed by atoms with E-state index in [1.807, 2.05) is 0 Å². The Bertz CT molecular complexity index is 1170. The second kappa shape index (κ2) is 8.72. The first-order chi connectivity index (χ1) is 14.8. The largest absolute Gasteiger partial charge is 0.489 e. The number of benzene rings is 1. The predicted molar refractivity (Wildman–Crippen MR) is 113 cm³/mol. The van der Waals surface area contributed by atoms with E-state index >= 15 is 0 Å². The van der Waals surface area contributed by atoms with E-state index in [2.05, 4.69) is 15.1 Å². The topological polar surface area (TPSA) is 113 Å². The van der Waals surface area contributed by atoms with Crippen molar-refractivity contribution in [1.82, 2.24) is 19.7 Å². The number of hydrogen-bond donors (Lipinski definition) is 1. The van der Waals surface area contributed by atoms with Gasteiger partial charge < -0.3 is 10.5 Å². The molecule has 164 valence electrons. The van der Waals surface area contributed by atoms with Gasteiger partial charge in [0.05, 0.1) is 23.9 Å². The predicted octanol–water partition coefficient (Wildman–Crippen LogP) is 2.77. The molecule has 2 heterocycles. The molecule has 0 spiro atoms. The molecule has 0 aliphatic heterocycles. The average molecular weight is 446 g/mol. The average Bonchev–Trinajstić information content (AvgIpc) is 3.22. The lowest BCUT2D eigenvalue weighted by Crippen LogP contribution is -2.28. The van der Waals surface area contributed by atoms with Crippen LogP contribution in [-0.2, 0) is 9.84 Å². The SMILES string of the molecule is CS(=O)(=O)c1ccc(-n2cc(-c3ncncc3OCC3CCC(N)CC3)cn2)c(F)c1. The second-order valence-electron chi connectivity index (χ2n) is 7.89. The summed E-state index contributed by atoms with van der Waals surface area (Å²) in [4.78, 5) is 8.29. The Kier molecular flexibility index (Phi) is 6.01. The van der Waals surface area contributed by atoms with Crippen LogP contribution in [0.5, 0.6) is 5.75 Å². The summed E-state index contributed by atoms with van der Waals surface area (Å²) in [6.45, 7) is 0.558. The van der Waals surface area contributed by atoms with E-state index in [0.29, 0.717) is 29.5 Å². The van der Waals surface area contributed by atoms with Crippen LogP contribution in [0.2, 0.25) is 0 Å². The van der Waals surface area contributed by atoms with Crippen molar-refractivity contribution in [1.29, 1.82) is 0 Å². The Hall–Kier alpha value is -2.85. The number of nitrogens with two attached hydrogens (primary N) is 1. The van der Waals surface area contributed by atoms with E-state index in [1.165, 1.54) is 23.1 Å². The highest BCUT2D eigenvalue weighted by molar-refractivity contribution is 7.90. The van der Waals surface area contributed by atoms with E-state index in [4.69, 9.17) is 10.5 Å². The lowest BCUT2D eigenvalue weighted by molar-refractivity contribution is 0.200. The van der Waals surface area contributed by atoms with Crippen LogP contribution in [0.3, 0.4) is 0 Å². The third kappa shape index (κ3) is 4.91. The van der Waals surface area contributed by atoms with Gasteiger partial charge in [-0.05, 0) is 49.8 Å². The summed E-state index contributed by atoms with van der Waals surface area (Å²) in [5, 5.41) is 4.21. The van der Waals surface area contributed by atoms with Crippen LogP contribution in [0.1, 0.15) is 25.7 Å². The first-order valence-electron chi connectivity index (χ1n) is 10.0. The fraction of sp³-hybridized carbons (Fsp3) is 0.381. The molecule has 31 heavy (non-hydrogen) atoms. The molecular formula is C21H24FN5O3S. The first-order valence-corrected chi connectivity index (χ1v) is 11.9. The summed E-state index contributed by atoms with van der Waals surface area (Å²) in [7, 11) is -3.50. The molecule has 0 unspecified atom stereocenters. The van der Waals surface area contributed by atoms with Crippen molar-refractivity contribution >= 4 is 9.84 Å². The third-order valence-corrected chi connectivity index (χ3v) is 6.61. The molecular weight excluding hydrogens is 421 g/mol. The van der Waals surface area contributed by atoms with Crippen LogP contribution in [0.25, 0.3) is 16.9 Å². The van der Waals surface area contributed by atoms with Gasteiger partial charge in [0.15, 0.2) is 15.6 Å². The minimum atomic E-state index is -3.50. The minimum Gasteiger partial charge on any atom is -0.489 e. The van der Waals surface area contributed by atoms with Crippen molar-refractivity contribution in [2.75, 3.05) is 12.9 Å². The van der Waals surface area contributed by atoms with Crippen LogP contribution >= 0.6 is 0 Å². The molecule has 8 nitrogen and oxygen atoms in total. The molecule has 4 rings (SSSR count). The highest BCUT2D eigenvalue weighted by Gasteiger charge is 2.20. The highest BCUT2D eigenvalue weighted by Crippen LogP contribution is 2.30. The summed E-state index contributed by atoms with van der Waals surface area (Å²) in [5.41, 5.74) is 7.29. The van der Waals surface area contributed by atoms with Crippen molar-refractivity contribution in [3.8, 4) is 22.7 Å². The van der Waals surface area contributed by atoms with Crippen LogP contribution in [-0.4, -0.2) is 47.1 Å². The van der Waals surface area contributed by atoms with Gasteiger partial charge in [-0.15, -0.1) is 0 Å². The Balaban J connectivity index is 1.54.